The van der Waals surface area contributed by atoms with Gasteiger partial charge in [0, 0.05) is 11.1 Å². The third kappa shape index (κ3) is 2.57. The van der Waals surface area contributed by atoms with Crippen molar-refractivity contribution in [3.8, 4) is 0 Å². The number of H-pyrrole nitrogens is 1. The Labute approximate surface area is 117 Å². The summed E-state index contributed by atoms with van der Waals surface area (Å²) >= 11 is 0. The van der Waals surface area contributed by atoms with Crippen LogP contribution >= 0.6 is 12.4 Å². The average Bonchev–Trinajstić information content (AvgIpc) is 2.98. The Balaban J connectivity index is 0.00000133. The predicted molar refractivity (Wildman–Crippen MR) is 77.4 cm³/mol. The van der Waals surface area contributed by atoms with Gasteiger partial charge in [0.25, 0.3) is 0 Å². The fourth-order valence-corrected chi connectivity index (χ4v) is 2.50. The molecular formula is C13H17ClN4O. The first kappa shape index (κ1) is 13.8. The zero-order chi connectivity index (χ0) is 12.6. The van der Waals surface area contributed by atoms with Gasteiger partial charge >= 0.3 is 0 Å². The van der Waals surface area contributed by atoms with Gasteiger partial charge in [0.15, 0.2) is 0 Å². The Morgan fingerprint density at radius 3 is 2.84 bits per heavy atom. The Kier molecular flexibility index (Phi) is 3.78. The molecule has 19 heavy (non-hydrogen) atoms. The number of aromatic nitrogens is 2. The highest BCUT2D eigenvalue weighted by molar-refractivity contribution is 5.99. The lowest BCUT2D eigenvalue weighted by atomic mass is 9.98. The summed E-state index contributed by atoms with van der Waals surface area (Å²) in [5.41, 5.74) is 7.08. The van der Waals surface area contributed by atoms with Gasteiger partial charge in [-0.05, 0) is 31.0 Å². The summed E-state index contributed by atoms with van der Waals surface area (Å²) in [4.78, 5) is 12.1. The molecule has 0 aliphatic heterocycles. The first-order valence-electron chi connectivity index (χ1n) is 6.21. The molecule has 5 nitrogen and oxygen atoms in total. The number of hydrogen-bond donors (Lipinski definition) is 3. The maximum Gasteiger partial charge on any atom is 0.244 e. The van der Waals surface area contributed by atoms with Crippen molar-refractivity contribution < 1.29 is 4.79 Å². The molecule has 1 heterocycles. The van der Waals surface area contributed by atoms with Crippen molar-refractivity contribution in [2.45, 2.75) is 31.2 Å². The first-order chi connectivity index (χ1) is 8.67. The normalized spacial score (nSPS) is 17.1. The van der Waals surface area contributed by atoms with Gasteiger partial charge in [-0.2, -0.15) is 5.10 Å². The van der Waals surface area contributed by atoms with E-state index < -0.39 is 5.54 Å². The van der Waals surface area contributed by atoms with E-state index in [-0.39, 0.29) is 18.3 Å². The van der Waals surface area contributed by atoms with Crippen molar-refractivity contribution in [2.75, 3.05) is 5.32 Å². The molecule has 1 aliphatic carbocycles. The molecule has 0 unspecified atom stereocenters. The molecule has 2 aromatic rings. The molecule has 6 heteroatoms. The van der Waals surface area contributed by atoms with Crippen LogP contribution in [0.15, 0.2) is 24.4 Å². The van der Waals surface area contributed by atoms with Crippen LogP contribution in [0.5, 0.6) is 0 Å². The minimum Gasteiger partial charge on any atom is -0.324 e. The van der Waals surface area contributed by atoms with Crippen molar-refractivity contribution in [3.05, 3.63) is 24.4 Å². The minimum absolute atomic E-state index is 0. The molecule has 102 valence electrons. The van der Waals surface area contributed by atoms with Crippen molar-refractivity contribution in [3.63, 3.8) is 0 Å². The molecule has 0 bridgehead atoms. The Bertz CT molecular complexity index is 589. The molecule has 0 spiro atoms. The first-order valence-corrected chi connectivity index (χ1v) is 6.21. The number of fused-ring (bicyclic) bond motifs is 1. The zero-order valence-corrected chi connectivity index (χ0v) is 11.3. The minimum atomic E-state index is -0.692. The van der Waals surface area contributed by atoms with E-state index in [4.69, 9.17) is 5.73 Å². The number of nitrogens with zero attached hydrogens (tertiary/aromatic N) is 1. The van der Waals surface area contributed by atoms with Crippen molar-refractivity contribution in [1.29, 1.82) is 0 Å². The van der Waals surface area contributed by atoms with Crippen LogP contribution in [0.3, 0.4) is 0 Å². The van der Waals surface area contributed by atoms with Crippen molar-refractivity contribution >= 4 is 34.9 Å². The summed E-state index contributed by atoms with van der Waals surface area (Å²) in [6.45, 7) is 0. The van der Waals surface area contributed by atoms with Crippen LogP contribution in [0.2, 0.25) is 0 Å². The van der Waals surface area contributed by atoms with E-state index in [2.05, 4.69) is 15.5 Å². The molecule has 0 atom stereocenters. The molecule has 3 rings (SSSR count). The van der Waals surface area contributed by atoms with Gasteiger partial charge in [-0.25, -0.2) is 0 Å². The number of nitrogens with two attached hydrogens (primary N) is 1. The third-order valence-electron chi connectivity index (χ3n) is 3.65. The fourth-order valence-electron chi connectivity index (χ4n) is 2.50. The number of anilines is 1. The van der Waals surface area contributed by atoms with E-state index in [0.717, 1.165) is 42.3 Å². The number of halogens is 1. The van der Waals surface area contributed by atoms with Crippen molar-refractivity contribution in [1.82, 2.24) is 10.2 Å². The Morgan fingerprint density at radius 1 is 1.37 bits per heavy atom. The maximum atomic E-state index is 12.1. The van der Waals surface area contributed by atoms with Gasteiger partial charge in [0.1, 0.15) is 0 Å². The topological polar surface area (TPSA) is 83.8 Å². The monoisotopic (exact) mass is 280 g/mol. The van der Waals surface area contributed by atoms with Crippen LogP contribution in [0, 0.1) is 0 Å². The number of carbonyl (C=O) groups excluding carboxylic acids is 1. The summed E-state index contributed by atoms with van der Waals surface area (Å²) in [6.07, 6.45) is 5.35. The number of amides is 1. The second-order valence-corrected chi connectivity index (χ2v) is 4.99. The van der Waals surface area contributed by atoms with Crippen LogP contribution in [-0.2, 0) is 4.79 Å². The fraction of sp³-hybridized carbons (Fsp3) is 0.385. The second-order valence-electron chi connectivity index (χ2n) is 4.99. The third-order valence-corrected chi connectivity index (χ3v) is 3.65. The van der Waals surface area contributed by atoms with Crippen LogP contribution in [0.1, 0.15) is 25.7 Å². The molecular weight excluding hydrogens is 264 g/mol. The molecule has 0 radical (unpaired) electrons. The van der Waals surface area contributed by atoms with Crippen molar-refractivity contribution in [2.24, 2.45) is 5.73 Å². The van der Waals surface area contributed by atoms with Gasteiger partial charge < -0.3 is 11.1 Å². The van der Waals surface area contributed by atoms with E-state index in [9.17, 15) is 4.79 Å². The molecule has 0 saturated heterocycles. The number of aromatic amines is 1. The van der Waals surface area contributed by atoms with Crippen LogP contribution in [-0.4, -0.2) is 21.6 Å². The van der Waals surface area contributed by atoms with Gasteiger partial charge in [0.2, 0.25) is 5.91 Å². The standard InChI is InChI=1S/C13H16N4O.ClH/c14-13(5-1-2-6-13)12(18)16-10-4-3-9-8-15-17-11(9)7-10;/h3-4,7-8H,1-2,5-6,14H2,(H,15,17)(H,16,18);1H. The lowest BCUT2D eigenvalue weighted by molar-refractivity contribution is -0.121. The number of carbonyl (C=O) groups is 1. The summed E-state index contributed by atoms with van der Waals surface area (Å²) in [6, 6.07) is 5.67. The molecule has 1 aliphatic rings. The summed E-state index contributed by atoms with van der Waals surface area (Å²) in [5.74, 6) is -0.0844. The highest BCUT2D eigenvalue weighted by Crippen LogP contribution is 2.28. The van der Waals surface area contributed by atoms with E-state index in [1.54, 1.807) is 6.20 Å². The van der Waals surface area contributed by atoms with Gasteiger partial charge in [-0.3, -0.25) is 9.89 Å². The Hall–Kier alpha value is -1.59. The Morgan fingerprint density at radius 2 is 2.11 bits per heavy atom. The SMILES string of the molecule is Cl.NC1(C(=O)Nc2ccc3cn[nH]c3c2)CCCC1. The predicted octanol–water partition coefficient (Wildman–Crippen LogP) is 2.19. The molecule has 4 N–H and O–H groups in total. The van der Waals surface area contributed by atoms with Gasteiger partial charge in [0.05, 0.1) is 17.3 Å². The number of benzene rings is 1. The van der Waals surface area contributed by atoms with Crippen LogP contribution in [0.25, 0.3) is 10.9 Å². The van der Waals surface area contributed by atoms with Crippen LogP contribution in [0.4, 0.5) is 5.69 Å². The summed E-state index contributed by atoms with van der Waals surface area (Å²) in [7, 11) is 0. The van der Waals surface area contributed by atoms with Gasteiger partial charge in [-0.1, -0.05) is 12.8 Å². The summed E-state index contributed by atoms with van der Waals surface area (Å²) < 4.78 is 0. The van der Waals surface area contributed by atoms with E-state index in [1.165, 1.54) is 0 Å². The average molecular weight is 281 g/mol. The second kappa shape index (κ2) is 5.19. The van der Waals surface area contributed by atoms with E-state index in [0.29, 0.717) is 0 Å². The molecule has 1 aromatic carbocycles. The molecule has 1 aromatic heterocycles. The number of nitrogens with one attached hydrogen (secondary N) is 2. The highest BCUT2D eigenvalue weighted by atomic mass is 35.5. The quantitative estimate of drug-likeness (QED) is 0.788. The maximum absolute atomic E-state index is 12.1. The lowest BCUT2D eigenvalue weighted by Gasteiger charge is -2.22. The molecule has 1 amide bonds. The number of rotatable bonds is 2. The highest BCUT2D eigenvalue weighted by Gasteiger charge is 2.36. The van der Waals surface area contributed by atoms with Crippen LogP contribution < -0.4 is 11.1 Å². The zero-order valence-electron chi connectivity index (χ0n) is 10.5. The summed E-state index contributed by atoms with van der Waals surface area (Å²) in [5, 5.41) is 10.7. The lowest BCUT2D eigenvalue weighted by Crippen LogP contribution is -2.48. The smallest absolute Gasteiger partial charge is 0.244 e. The molecule has 1 saturated carbocycles. The number of hydrogen-bond acceptors (Lipinski definition) is 3. The largest absolute Gasteiger partial charge is 0.324 e. The van der Waals surface area contributed by atoms with E-state index >= 15 is 0 Å². The van der Waals surface area contributed by atoms with E-state index in [1.807, 2.05) is 18.2 Å². The van der Waals surface area contributed by atoms with Gasteiger partial charge in [-0.15, -0.1) is 12.4 Å². The molecule has 1 fully saturated rings.